The fourth-order valence-corrected chi connectivity index (χ4v) is 3.68. The summed E-state index contributed by atoms with van der Waals surface area (Å²) in [7, 11) is 0. The lowest BCUT2D eigenvalue weighted by atomic mass is 9.93. The standard InChI is InChI=1S/C22H30F3N5O.HI/c1-2-26-21(27-11-8-17-9-12-30(13-10-17)16-22(23,24)25)28-14-19-15-31-20(29-19)18-6-4-3-5-7-18;/h3-7,15,17H,2,8-14,16H2,1H3,(H2,26,27,28);1H. The number of benzene rings is 1. The second-order valence-electron chi connectivity index (χ2n) is 7.76. The number of alkyl halides is 3. The number of aliphatic imine (C=N–C) groups is 1. The van der Waals surface area contributed by atoms with Crippen molar-refractivity contribution in [1.82, 2.24) is 20.5 Å². The van der Waals surface area contributed by atoms with Crippen molar-refractivity contribution in [3.05, 3.63) is 42.3 Å². The van der Waals surface area contributed by atoms with Gasteiger partial charge in [-0.3, -0.25) is 4.90 Å². The summed E-state index contributed by atoms with van der Waals surface area (Å²) in [6, 6.07) is 9.70. The first kappa shape index (κ1) is 26.4. The first-order valence-electron chi connectivity index (χ1n) is 10.7. The predicted molar refractivity (Wildman–Crippen MR) is 130 cm³/mol. The molecule has 0 aliphatic carbocycles. The number of rotatable bonds is 8. The summed E-state index contributed by atoms with van der Waals surface area (Å²) < 4.78 is 43.1. The van der Waals surface area contributed by atoms with E-state index in [0.717, 1.165) is 43.6 Å². The molecule has 1 fully saturated rings. The van der Waals surface area contributed by atoms with Crippen LogP contribution in [0.2, 0.25) is 0 Å². The highest BCUT2D eigenvalue weighted by atomic mass is 127. The number of hydrogen-bond donors (Lipinski definition) is 2. The molecule has 0 radical (unpaired) electrons. The Morgan fingerprint density at radius 2 is 1.91 bits per heavy atom. The molecule has 6 nitrogen and oxygen atoms in total. The maximum absolute atomic E-state index is 12.5. The van der Waals surface area contributed by atoms with Crippen molar-refractivity contribution in [2.24, 2.45) is 10.9 Å². The molecule has 2 heterocycles. The number of halogens is 4. The van der Waals surface area contributed by atoms with Gasteiger partial charge >= 0.3 is 6.18 Å². The second kappa shape index (κ2) is 13.0. The highest BCUT2D eigenvalue weighted by Gasteiger charge is 2.32. The molecule has 1 aromatic carbocycles. The van der Waals surface area contributed by atoms with Crippen LogP contribution in [0.3, 0.4) is 0 Å². The molecular weight excluding hydrogens is 534 g/mol. The predicted octanol–water partition coefficient (Wildman–Crippen LogP) is 4.68. The van der Waals surface area contributed by atoms with Crippen LogP contribution in [0.5, 0.6) is 0 Å². The van der Waals surface area contributed by atoms with E-state index in [1.165, 1.54) is 4.90 Å². The van der Waals surface area contributed by atoms with Gasteiger partial charge in [-0.15, -0.1) is 24.0 Å². The molecule has 1 aliphatic rings. The van der Waals surface area contributed by atoms with E-state index >= 15 is 0 Å². The Morgan fingerprint density at radius 1 is 1.19 bits per heavy atom. The van der Waals surface area contributed by atoms with Gasteiger partial charge in [-0.05, 0) is 57.3 Å². The zero-order valence-electron chi connectivity index (χ0n) is 18.2. The molecule has 0 bridgehead atoms. The SMILES string of the molecule is CCNC(=NCc1coc(-c2ccccc2)n1)NCCC1CCN(CC(F)(F)F)CC1.I. The van der Waals surface area contributed by atoms with Gasteiger partial charge in [0.25, 0.3) is 0 Å². The molecule has 1 aliphatic heterocycles. The van der Waals surface area contributed by atoms with E-state index in [9.17, 15) is 13.2 Å². The van der Waals surface area contributed by atoms with Gasteiger partial charge in [-0.1, -0.05) is 18.2 Å². The molecule has 2 N–H and O–H groups in total. The van der Waals surface area contributed by atoms with Crippen molar-refractivity contribution in [3.63, 3.8) is 0 Å². The number of likely N-dealkylation sites (tertiary alicyclic amines) is 1. The van der Waals surface area contributed by atoms with E-state index in [1.807, 2.05) is 37.3 Å². The smallest absolute Gasteiger partial charge is 0.401 e. The first-order chi connectivity index (χ1) is 14.9. The molecule has 0 atom stereocenters. The molecule has 3 rings (SSSR count). The third-order valence-corrected chi connectivity index (χ3v) is 5.27. The van der Waals surface area contributed by atoms with E-state index < -0.39 is 12.7 Å². The second-order valence-corrected chi connectivity index (χ2v) is 7.76. The largest absolute Gasteiger partial charge is 0.444 e. The van der Waals surface area contributed by atoms with Crippen LogP contribution in [0.1, 0.15) is 31.9 Å². The lowest BCUT2D eigenvalue weighted by Gasteiger charge is -2.32. The summed E-state index contributed by atoms with van der Waals surface area (Å²) in [6.45, 7) is 4.06. The van der Waals surface area contributed by atoms with Gasteiger partial charge in [0, 0.05) is 18.7 Å². The van der Waals surface area contributed by atoms with Crippen LogP contribution in [-0.4, -0.2) is 54.7 Å². The van der Waals surface area contributed by atoms with E-state index in [2.05, 4.69) is 20.6 Å². The average molecular weight is 565 g/mol. The molecule has 1 saturated heterocycles. The van der Waals surface area contributed by atoms with Crippen molar-refractivity contribution in [3.8, 4) is 11.5 Å². The third kappa shape index (κ3) is 8.97. The van der Waals surface area contributed by atoms with Gasteiger partial charge in [0.15, 0.2) is 5.96 Å². The van der Waals surface area contributed by atoms with Crippen molar-refractivity contribution in [2.75, 3.05) is 32.7 Å². The highest BCUT2D eigenvalue weighted by Crippen LogP contribution is 2.24. The Morgan fingerprint density at radius 3 is 2.56 bits per heavy atom. The van der Waals surface area contributed by atoms with Crippen molar-refractivity contribution in [2.45, 2.75) is 38.9 Å². The normalized spacial score (nSPS) is 15.9. The van der Waals surface area contributed by atoms with Gasteiger partial charge in [-0.2, -0.15) is 13.2 Å². The highest BCUT2D eigenvalue weighted by molar-refractivity contribution is 14.0. The fraction of sp³-hybridized carbons (Fsp3) is 0.545. The summed E-state index contributed by atoms with van der Waals surface area (Å²) in [5, 5.41) is 6.52. The lowest BCUT2D eigenvalue weighted by molar-refractivity contribution is -0.148. The van der Waals surface area contributed by atoms with Crippen molar-refractivity contribution >= 4 is 29.9 Å². The summed E-state index contributed by atoms with van der Waals surface area (Å²) in [5.41, 5.74) is 1.66. The Hall–Kier alpha value is -1.82. The number of hydrogen-bond acceptors (Lipinski definition) is 4. The molecule has 178 valence electrons. The van der Waals surface area contributed by atoms with Crippen LogP contribution in [0.15, 0.2) is 46.0 Å². The molecule has 0 spiro atoms. The number of nitrogens with zero attached hydrogens (tertiary/aromatic N) is 3. The third-order valence-electron chi connectivity index (χ3n) is 5.27. The van der Waals surface area contributed by atoms with E-state index in [1.54, 1.807) is 6.26 Å². The summed E-state index contributed by atoms with van der Waals surface area (Å²) in [6.07, 6.45) is 0.00703. The molecular formula is C22H31F3IN5O. The van der Waals surface area contributed by atoms with Gasteiger partial charge in [0.05, 0.1) is 13.1 Å². The molecule has 32 heavy (non-hydrogen) atoms. The number of oxazole rings is 1. The molecule has 0 saturated carbocycles. The quantitative estimate of drug-likeness (QED) is 0.277. The van der Waals surface area contributed by atoms with Crippen LogP contribution in [0, 0.1) is 5.92 Å². The molecule has 0 unspecified atom stereocenters. The van der Waals surface area contributed by atoms with Crippen LogP contribution in [0.4, 0.5) is 13.2 Å². The monoisotopic (exact) mass is 565 g/mol. The maximum atomic E-state index is 12.5. The minimum atomic E-state index is -4.11. The van der Waals surface area contributed by atoms with Crippen LogP contribution < -0.4 is 10.6 Å². The number of piperidine rings is 1. The van der Waals surface area contributed by atoms with Crippen LogP contribution in [0.25, 0.3) is 11.5 Å². The zero-order valence-corrected chi connectivity index (χ0v) is 20.5. The maximum Gasteiger partial charge on any atom is 0.401 e. The zero-order chi connectivity index (χ0) is 22.1. The molecule has 0 amide bonds. The summed E-state index contributed by atoms with van der Waals surface area (Å²) >= 11 is 0. The van der Waals surface area contributed by atoms with Gasteiger partial charge in [0.2, 0.25) is 5.89 Å². The lowest BCUT2D eigenvalue weighted by Crippen LogP contribution is -2.41. The topological polar surface area (TPSA) is 65.7 Å². The first-order valence-corrected chi connectivity index (χ1v) is 10.7. The Kier molecular flexibility index (Phi) is 10.8. The van der Waals surface area contributed by atoms with Gasteiger partial charge < -0.3 is 15.1 Å². The summed E-state index contributed by atoms with van der Waals surface area (Å²) in [4.78, 5) is 10.5. The van der Waals surface area contributed by atoms with Crippen molar-refractivity contribution in [1.29, 1.82) is 0 Å². The summed E-state index contributed by atoms with van der Waals surface area (Å²) in [5.74, 6) is 1.70. The van der Waals surface area contributed by atoms with Crippen molar-refractivity contribution < 1.29 is 17.6 Å². The fourth-order valence-electron chi connectivity index (χ4n) is 3.68. The Balaban J connectivity index is 0.00000363. The Labute approximate surface area is 204 Å². The van der Waals surface area contributed by atoms with Crippen LogP contribution >= 0.6 is 24.0 Å². The number of aromatic nitrogens is 1. The molecule has 2 aromatic rings. The molecule has 1 aromatic heterocycles. The van der Waals surface area contributed by atoms with E-state index in [-0.39, 0.29) is 24.0 Å². The van der Waals surface area contributed by atoms with E-state index in [0.29, 0.717) is 37.4 Å². The average Bonchev–Trinajstić information content (AvgIpc) is 3.22. The van der Waals surface area contributed by atoms with Gasteiger partial charge in [-0.25, -0.2) is 9.98 Å². The number of nitrogens with one attached hydrogen (secondary N) is 2. The van der Waals surface area contributed by atoms with Crippen LogP contribution in [-0.2, 0) is 6.54 Å². The minimum Gasteiger partial charge on any atom is -0.444 e. The van der Waals surface area contributed by atoms with E-state index in [4.69, 9.17) is 4.42 Å². The minimum absolute atomic E-state index is 0. The number of guanidine groups is 1. The van der Waals surface area contributed by atoms with Gasteiger partial charge in [0.1, 0.15) is 12.0 Å². The molecule has 10 heteroatoms. The Bertz CT molecular complexity index is 820.